The van der Waals surface area contributed by atoms with Crippen LogP contribution in [-0.2, 0) is 12.8 Å². The summed E-state index contributed by atoms with van der Waals surface area (Å²) in [6, 6.07) is 17.6. The van der Waals surface area contributed by atoms with E-state index >= 15 is 0 Å². The third-order valence-corrected chi connectivity index (χ3v) is 5.15. The van der Waals surface area contributed by atoms with Crippen molar-refractivity contribution in [1.29, 1.82) is 0 Å². The molecular formula is C26H26O6. The Labute approximate surface area is 187 Å². The average Bonchev–Trinajstić information content (AvgIpc) is 2.85. The number of hydrogen-bond donors (Lipinski definition) is 0. The Morgan fingerprint density at radius 3 is 1.78 bits per heavy atom. The number of rotatable bonds is 10. The number of hydrogen-bond acceptors (Lipinski definition) is 6. The van der Waals surface area contributed by atoms with Crippen LogP contribution >= 0.6 is 0 Å². The Bertz CT molecular complexity index is 1100. The van der Waals surface area contributed by atoms with Gasteiger partial charge in [-0.25, -0.2) is 0 Å². The lowest BCUT2D eigenvalue weighted by atomic mass is 9.97. The van der Waals surface area contributed by atoms with Gasteiger partial charge in [0.2, 0.25) is 11.6 Å². The molecule has 0 heterocycles. The van der Waals surface area contributed by atoms with Crippen LogP contribution in [0.5, 0.6) is 23.0 Å². The molecule has 3 rings (SSSR count). The zero-order chi connectivity index (χ0) is 23.1. The zero-order valence-electron chi connectivity index (χ0n) is 18.6. The van der Waals surface area contributed by atoms with E-state index in [0.717, 1.165) is 29.0 Å². The lowest BCUT2D eigenvalue weighted by Crippen LogP contribution is -2.15. The van der Waals surface area contributed by atoms with Crippen LogP contribution in [-0.4, -0.2) is 40.0 Å². The first-order valence-corrected chi connectivity index (χ1v) is 10.1. The SMILES string of the molecule is COc1cc(CCc2cccc(C(=O)C(=O)c3ccc(OC)c(OC)c3)c2)cc(OC)c1. The topological polar surface area (TPSA) is 71.1 Å². The standard InChI is InChI=1S/C26H26O6/c1-29-21-13-18(14-22(16-21)30-2)9-8-17-6-5-7-19(12-17)25(27)26(28)20-10-11-23(31-3)24(15-20)32-4/h5-7,10-16H,8-9H2,1-4H3. The molecule has 0 atom stereocenters. The van der Waals surface area contributed by atoms with Gasteiger partial charge in [0.15, 0.2) is 11.5 Å². The molecule has 3 aromatic rings. The van der Waals surface area contributed by atoms with Gasteiger partial charge in [0.25, 0.3) is 0 Å². The van der Waals surface area contributed by atoms with Crippen molar-refractivity contribution in [1.82, 2.24) is 0 Å². The quantitative estimate of drug-likeness (QED) is 0.344. The van der Waals surface area contributed by atoms with E-state index in [1.54, 1.807) is 44.6 Å². The molecule has 166 valence electrons. The molecule has 0 aliphatic heterocycles. The third-order valence-electron chi connectivity index (χ3n) is 5.15. The molecule has 6 heteroatoms. The van der Waals surface area contributed by atoms with Crippen LogP contribution in [0.25, 0.3) is 0 Å². The van der Waals surface area contributed by atoms with Gasteiger partial charge in [0, 0.05) is 17.2 Å². The van der Waals surface area contributed by atoms with Crippen LogP contribution in [0.3, 0.4) is 0 Å². The highest BCUT2D eigenvalue weighted by molar-refractivity contribution is 6.49. The summed E-state index contributed by atoms with van der Waals surface area (Å²) in [4.78, 5) is 25.6. The molecule has 0 radical (unpaired) electrons. The second-order valence-corrected chi connectivity index (χ2v) is 7.15. The molecule has 0 N–H and O–H groups in total. The average molecular weight is 434 g/mol. The van der Waals surface area contributed by atoms with Gasteiger partial charge in [-0.15, -0.1) is 0 Å². The number of carbonyl (C=O) groups is 2. The summed E-state index contributed by atoms with van der Waals surface area (Å²) in [5.41, 5.74) is 2.61. The molecule has 0 saturated heterocycles. The molecule has 0 saturated carbocycles. The second-order valence-electron chi connectivity index (χ2n) is 7.15. The first kappa shape index (κ1) is 22.9. The van der Waals surface area contributed by atoms with Gasteiger partial charge in [-0.2, -0.15) is 0 Å². The molecule has 0 aliphatic rings. The van der Waals surface area contributed by atoms with E-state index in [1.165, 1.54) is 20.3 Å². The Balaban J connectivity index is 1.75. The van der Waals surface area contributed by atoms with Gasteiger partial charge < -0.3 is 18.9 Å². The molecule has 0 amide bonds. The highest BCUT2D eigenvalue weighted by Crippen LogP contribution is 2.28. The molecule has 3 aromatic carbocycles. The van der Waals surface area contributed by atoms with E-state index in [0.29, 0.717) is 23.5 Å². The van der Waals surface area contributed by atoms with Gasteiger partial charge >= 0.3 is 0 Å². The van der Waals surface area contributed by atoms with Gasteiger partial charge in [-0.1, -0.05) is 18.2 Å². The number of Topliss-reactive ketones (excluding diaryl/α,β-unsaturated/α-hetero) is 2. The normalized spacial score (nSPS) is 10.4. The predicted octanol–water partition coefficient (Wildman–Crippen LogP) is 4.57. The number of ketones is 2. The first-order valence-electron chi connectivity index (χ1n) is 10.1. The number of methoxy groups -OCH3 is 4. The second kappa shape index (κ2) is 10.5. The summed E-state index contributed by atoms with van der Waals surface area (Å²) in [5, 5.41) is 0. The summed E-state index contributed by atoms with van der Waals surface area (Å²) in [6.07, 6.45) is 1.43. The first-order chi connectivity index (χ1) is 15.5. The van der Waals surface area contributed by atoms with Crippen LogP contribution in [0.15, 0.2) is 60.7 Å². The van der Waals surface area contributed by atoms with Crippen LogP contribution in [0.1, 0.15) is 31.8 Å². The molecule has 0 spiro atoms. The van der Waals surface area contributed by atoms with Crippen molar-refractivity contribution in [2.75, 3.05) is 28.4 Å². The monoisotopic (exact) mass is 434 g/mol. The zero-order valence-corrected chi connectivity index (χ0v) is 18.6. The Morgan fingerprint density at radius 2 is 1.19 bits per heavy atom. The van der Waals surface area contributed by atoms with Crippen molar-refractivity contribution in [3.05, 3.63) is 82.9 Å². The highest BCUT2D eigenvalue weighted by Gasteiger charge is 2.20. The summed E-state index contributed by atoms with van der Waals surface area (Å²) in [5.74, 6) is 1.18. The predicted molar refractivity (Wildman–Crippen MR) is 122 cm³/mol. The van der Waals surface area contributed by atoms with Crippen molar-refractivity contribution in [2.45, 2.75) is 12.8 Å². The molecule has 0 aromatic heterocycles. The summed E-state index contributed by atoms with van der Waals surface area (Å²) in [7, 11) is 6.22. The maximum atomic E-state index is 12.8. The molecule has 0 fully saturated rings. The van der Waals surface area contributed by atoms with Gasteiger partial charge in [0.05, 0.1) is 28.4 Å². The Kier molecular flexibility index (Phi) is 7.49. The molecule has 6 nitrogen and oxygen atoms in total. The van der Waals surface area contributed by atoms with E-state index in [1.807, 2.05) is 24.3 Å². The smallest absolute Gasteiger partial charge is 0.233 e. The fourth-order valence-electron chi connectivity index (χ4n) is 3.41. The van der Waals surface area contributed by atoms with Crippen molar-refractivity contribution in [2.24, 2.45) is 0 Å². The molecular weight excluding hydrogens is 408 g/mol. The minimum Gasteiger partial charge on any atom is -0.497 e. The largest absolute Gasteiger partial charge is 0.497 e. The molecule has 0 unspecified atom stereocenters. The molecule has 32 heavy (non-hydrogen) atoms. The summed E-state index contributed by atoms with van der Waals surface area (Å²) in [6.45, 7) is 0. The minimum absolute atomic E-state index is 0.251. The van der Waals surface area contributed by atoms with E-state index in [9.17, 15) is 9.59 Å². The lowest BCUT2D eigenvalue weighted by molar-refractivity contribution is 0.0816. The van der Waals surface area contributed by atoms with Crippen molar-refractivity contribution >= 4 is 11.6 Å². The molecule has 0 aliphatic carbocycles. The van der Waals surface area contributed by atoms with Crippen LogP contribution < -0.4 is 18.9 Å². The lowest BCUT2D eigenvalue weighted by Gasteiger charge is -2.10. The van der Waals surface area contributed by atoms with Crippen LogP contribution in [0.4, 0.5) is 0 Å². The maximum absolute atomic E-state index is 12.8. The van der Waals surface area contributed by atoms with Crippen LogP contribution in [0, 0.1) is 0 Å². The maximum Gasteiger partial charge on any atom is 0.233 e. The minimum atomic E-state index is -0.597. The number of aryl methyl sites for hydroxylation is 2. The van der Waals surface area contributed by atoms with E-state index in [-0.39, 0.29) is 5.56 Å². The van der Waals surface area contributed by atoms with Crippen LogP contribution in [0.2, 0.25) is 0 Å². The summed E-state index contributed by atoms with van der Waals surface area (Å²) < 4.78 is 21.1. The number of ether oxygens (including phenoxy) is 4. The fraction of sp³-hybridized carbons (Fsp3) is 0.231. The van der Waals surface area contributed by atoms with Gasteiger partial charge in [-0.05, 0) is 60.4 Å². The Morgan fingerprint density at radius 1 is 0.594 bits per heavy atom. The molecule has 0 bridgehead atoms. The summed E-state index contributed by atoms with van der Waals surface area (Å²) >= 11 is 0. The Hall–Kier alpha value is -3.80. The van der Waals surface area contributed by atoms with Gasteiger partial charge in [-0.3, -0.25) is 9.59 Å². The number of carbonyl (C=O) groups excluding carboxylic acids is 2. The van der Waals surface area contributed by atoms with E-state index < -0.39 is 11.6 Å². The van der Waals surface area contributed by atoms with Gasteiger partial charge in [0.1, 0.15) is 11.5 Å². The number of benzene rings is 3. The van der Waals surface area contributed by atoms with Crippen molar-refractivity contribution in [3.8, 4) is 23.0 Å². The third kappa shape index (κ3) is 5.27. The van der Waals surface area contributed by atoms with E-state index in [4.69, 9.17) is 18.9 Å². The van der Waals surface area contributed by atoms with Crippen molar-refractivity contribution in [3.63, 3.8) is 0 Å². The highest BCUT2D eigenvalue weighted by atomic mass is 16.5. The fourth-order valence-corrected chi connectivity index (χ4v) is 3.41. The van der Waals surface area contributed by atoms with Crippen molar-refractivity contribution < 1.29 is 28.5 Å². The van der Waals surface area contributed by atoms with E-state index in [2.05, 4.69) is 0 Å².